The Bertz CT molecular complexity index is 1670. The van der Waals surface area contributed by atoms with Gasteiger partial charge < -0.3 is 14.0 Å². The van der Waals surface area contributed by atoms with Crippen molar-refractivity contribution in [2.24, 2.45) is 0 Å². The van der Waals surface area contributed by atoms with Gasteiger partial charge in [0.05, 0.1) is 0 Å². The Hall–Kier alpha value is -4.83. The number of aromatic amines is 1. The minimum Gasteiger partial charge on any atom is -0.458 e. The number of imidazole rings is 1. The summed E-state index contributed by atoms with van der Waals surface area (Å²) in [7, 11) is 0. The highest BCUT2D eigenvalue weighted by molar-refractivity contribution is 6.32. The summed E-state index contributed by atoms with van der Waals surface area (Å²) < 4.78 is 12.6. The fourth-order valence-electron chi connectivity index (χ4n) is 4.65. The van der Waals surface area contributed by atoms with Gasteiger partial charge in [-0.05, 0) is 46.0 Å². The van der Waals surface area contributed by atoms with E-state index in [0.29, 0.717) is 24.6 Å². The van der Waals surface area contributed by atoms with Crippen molar-refractivity contribution in [2.75, 3.05) is 0 Å². The second-order valence-corrected chi connectivity index (χ2v) is 10.3. The minimum atomic E-state index is -1.13. The summed E-state index contributed by atoms with van der Waals surface area (Å²) in [5.41, 5.74) is 4.69. The van der Waals surface area contributed by atoms with Crippen LogP contribution in [0.5, 0.6) is 0 Å². The average Bonchev–Trinajstić information content (AvgIpc) is 3.67. The molecule has 0 saturated heterocycles. The summed E-state index contributed by atoms with van der Waals surface area (Å²) in [5, 5.41) is 14.3. The van der Waals surface area contributed by atoms with Gasteiger partial charge in [-0.25, -0.2) is 19.7 Å². The lowest BCUT2D eigenvalue weighted by atomic mass is 9.98. The van der Waals surface area contributed by atoms with Crippen molar-refractivity contribution in [3.8, 4) is 22.5 Å². The van der Waals surface area contributed by atoms with Gasteiger partial charge in [0.1, 0.15) is 12.4 Å². The predicted octanol–water partition coefficient (Wildman–Crippen LogP) is 6.06. The fraction of sp³-hybridized carbons (Fsp3) is 0.250. The van der Waals surface area contributed by atoms with Gasteiger partial charge in [-0.2, -0.15) is 0 Å². The minimum absolute atomic E-state index is 0.0344. The molecule has 0 spiro atoms. The molecule has 43 heavy (non-hydrogen) atoms. The molecule has 3 aromatic carbocycles. The van der Waals surface area contributed by atoms with Crippen molar-refractivity contribution in [3.63, 3.8) is 0 Å². The van der Waals surface area contributed by atoms with Crippen molar-refractivity contribution in [3.05, 3.63) is 107 Å². The largest absolute Gasteiger partial charge is 0.458 e. The number of esters is 2. The van der Waals surface area contributed by atoms with Gasteiger partial charge in [0.15, 0.2) is 22.8 Å². The van der Waals surface area contributed by atoms with E-state index in [2.05, 4.69) is 32.5 Å². The molecule has 0 aliphatic rings. The number of hydrogen-bond acceptors (Lipinski definition) is 8. The topological polar surface area (TPSA) is 125 Å². The molecule has 11 heteroatoms. The van der Waals surface area contributed by atoms with E-state index in [4.69, 9.17) is 21.1 Å². The number of carbonyl (C=O) groups is 2. The predicted molar refractivity (Wildman–Crippen MR) is 161 cm³/mol. The van der Waals surface area contributed by atoms with Gasteiger partial charge in [0.25, 0.3) is 0 Å². The SMILES string of the molecule is CCCCc1nc(Cl)c(C(=O)OC(C)C(=O)OCc2ccccc2)n1Cc1ccc(-c2ccccc2-c2nnn[nH]2)cc1. The first kappa shape index (κ1) is 29.7. The number of unbranched alkanes of at least 4 members (excludes halogenated alkanes) is 1. The zero-order valence-corrected chi connectivity index (χ0v) is 24.6. The van der Waals surface area contributed by atoms with Crippen LogP contribution in [-0.2, 0) is 33.8 Å². The Kier molecular flexibility index (Phi) is 9.58. The fourth-order valence-corrected chi connectivity index (χ4v) is 4.93. The van der Waals surface area contributed by atoms with Crippen LogP contribution < -0.4 is 0 Å². The van der Waals surface area contributed by atoms with Crippen LogP contribution in [0.1, 0.15) is 54.1 Å². The Morgan fingerprint density at radius 2 is 1.67 bits per heavy atom. The summed E-state index contributed by atoms with van der Waals surface area (Å²) >= 11 is 6.50. The summed E-state index contributed by atoms with van der Waals surface area (Å²) in [6, 6.07) is 25.1. The Morgan fingerprint density at radius 3 is 2.37 bits per heavy atom. The second kappa shape index (κ2) is 13.9. The first-order chi connectivity index (χ1) is 20.9. The van der Waals surface area contributed by atoms with E-state index >= 15 is 0 Å². The molecular formula is C32H31ClN6O4. The van der Waals surface area contributed by atoms with Crippen molar-refractivity contribution < 1.29 is 19.1 Å². The number of aromatic nitrogens is 6. The Labute approximate surface area is 254 Å². The summed E-state index contributed by atoms with van der Waals surface area (Å²) in [6.07, 6.45) is 1.32. The highest BCUT2D eigenvalue weighted by atomic mass is 35.5. The summed E-state index contributed by atoms with van der Waals surface area (Å²) in [5.74, 6) is -0.141. The van der Waals surface area contributed by atoms with Crippen LogP contribution in [0, 0.1) is 0 Å². The van der Waals surface area contributed by atoms with Crippen LogP contribution in [0.2, 0.25) is 5.15 Å². The molecule has 5 rings (SSSR count). The number of aryl methyl sites for hydroxylation is 1. The van der Waals surface area contributed by atoms with Gasteiger partial charge in [0, 0.05) is 18.5 Å². The van der Waals surface area contributed by atoms with Crippen LogP contribution in [0.4, 0.5) is 0 Å². The number of carbonyl (C=O) groups excluding carboxylic acids is 2. The molecule has 220 valence electrons. The first-order valence-electron chi connectivity index (χ1n) is 14.0. The van der Waals surface area contributed by atoms with E-state index in [-0.39, 0.29) is 17.5 Å². The molecule has 2 aromatic heterocycles. The number of ether oxygens (including phenoxy) is 2. The number of rotatable bonds is 12. The van der Waals surface area contributed by atoms with Gasteiger partial charge in [0.2, 0.25) is 0 Å². The maximum atomic E-state index is 13.3. The normalized spacial score (nSPS) is 11.7. The van der Waals surface area contributed by atoms with Gasteiger partial charge in [-0.3, -0.25) is 0 Å². The molecule has 5 aromatic rings. The maximum absolute atomic E-state index is 13.3. The number of halogens is 1. The van der Waals surface area contributed by atoms with E-state index in [1.807, 2.05) is 78.9 Å². The van der Waals surface area contributed by atoms with E-state index in [9.17, 15) is 9.59 Å². The van der Waals surface area contributed by atoms with Crippen LogP contribution in [0.3, 0.4) is 0 Å². The first-order valence-corrected chi connectivity index (χ1v) is 14.4. The lowest BCUT2D eigenvalue weighted by molar-refractivity contribution is -0.154. The molecule has 1 unspecified atom stereocenters. The monoisotopic (exact) mass is 598 g/mol. The summed E-state index contributed by atoms with van der Waals surface area (Å²) in [6.45, 7) is 3.97. The molecular weight excluding hydrogens is 568 g/mol. The number of nitrogens with one attached hydrogen (secondary N) is 1. The highest BCUT2D eigenvalue weighted by Crippen LogP contribution is 2.30. The molecule has 2 heterocycles. The Balaban J connectivity index is 1.34. The number of tetrazole rings is 1. The molecule has 10 nitrogen and oxygen atoms in total. The number of benzene rings is 3. The van der Waals surface area contributed by atoms with Crippen molar-refractivity contribution in [1.82, 2.24) is 30.2 Å². The maximum Gasteiger partial charge on any atom is 0.359 e. The van der Waals surface area contributed by atoms with E-state index in [0.717, 1.165) is 40.7 Å². The number of hydrogen-bond donors (Lipinski definition) is 1. The molecule has 0 bridgehead atoms. The third-order valence-electron chi connectivity index (χ3n) is 6.92. The van der Waals surface area contributed by atoms with Crippen LogP contribution in [0.15, 0.2) is 78.9 Å². The zero-order chi connectivity index (χ0) is 30.2. The molecule has 0 amide bonds. The third kappa shape index (κ3) is 7.15. The van der Waals surface area contributed by atoms with Crippen LogP contribution in [0.25, 0.3) is 22.5 Å². The molecule has 0 saturated carbocycles. The molecule has 1 atom stereocenters. The van der Waals surface area contributed by atoms with Crippen molar-refractivity contribution in [2.45, 2.75) is 52.4 Å². The van der Waals surface area contributed by atoms with Gasteiger partial charge >= 0.3 is 11.9 Å². The standard InChI is InChI=1S/C32H31ClN6O4/c1-3-4-14-27-34-29(33)28(32(41)43-21(2)31(40)42-20-23-10-6-5-7-11-23)39(27)19-22-15-17-24(18-16-22)25-12-8-9-13-26(25)30-35-37-38-36-30/h5-13,15-18,21H,3-4,14,19-20H2,1-2H3,(H,35,36,37,38). The van der Waals surface area contributed by atoms with E-state index in [1.165, 1.54) is 6.92 Å². The lowest BCUT2D eigenvalue weighted by Gasteiger charge is -2.15. The summed E-state index contributed by atoms with van der Waals surface area (Å²) in [4.78, 5) is 30.4. The quantitative estimate of drug-likeness (QED) is 0.172. The highest BCUT2D eigenvalue weighted by Gasteiger charge is 2.27. The van der Waals surface area contributed by atoms with E-state index < -0.39 is 18.0 Å². The van der Waals surface area contributed by atoms with Crippen LogP contribution in [-0.4, -0.2) is 48.2 Å². The number of H-pyrrole nitrogens is 1. The Morgan fingerprint density at radius 1 is 0.953 bits per heavy atom. The lowest BCUT2D eigenvalue weighted by Crippen LogP contribution is -2.27. The second-order valence-electron chi connectivity index (χ2n) is 9.99. The zero-order valence-electron chi connectivity index (χ0n) is 23.9. The average molecular weight is 599 g/mol. The molecule has 0 aliphatic heterocycles. The molecule has 1 N–H and O–H groups in total. The van der Waals surface area contributed by atoms with Crippen molar-refractivity contribution >= 4 is 23.5 Å². The van der Waals surface area contributed by atoms with Crippen LogP contribution >= 0.6 is 11.6 Å². The van der Waals surface area contributed by atoms with E-state index in [1.54, 1.807) is 4.57 Å². The van der Waals surface area contributed by atoms with Gasteiger partial charge in [-0.15, -0.1) is 5.10 Å². The van der Waals surface area contributed by atoms with Gasteiger partial charge in [-0.1, -0.05) is 104 Å². The van der Waals surface area contributed by atoms with Crippen molar-refractivity contribution in [1.29, 1.82) is 0 Å². The molecule has 0 aliphatic carbocycles. The molecule has 0 fully saturated rings. The number of nitrogens with zero attached hydrogens (tertiary/aromatic N) is 5. The molecule has 0 radical (unpaired) electrons. The smallest absolute Gasteiger partial charge is 0.359 e. The third-order valence-corrected chi connectivity index (χ3v) is 7.19.